The Kier molecular flexibility index (Phi) is 17.5. The molecule has 0 aliphatic heterocycles. The molecule has 4 nitrogen and oxygen atoms in total. The Balaban J connectivity index is 0.000000830. The van der Waals surface area contributed by atoms with Crippen molar-refractivity contribution < 1.29 is 19.4 Å². The summed E-state index contributed by atoms with van der Waals surface area (Å²) in [6.07, 6.45) is 14.4. The lowest BCUT2D eigenvalue weighted by Gasteiger charge is -2.12. The maximum absolute atomic E-state index is 12.6. The van der Waals surface area contributed by atoms with Gasteiger partial charge in [-0.2, -0.15) is 11.3 Å². The zero-order valence-electron chi connectivity index (χ0n) is 20.8. The van der Waals surface area contributed by atoms with Crippen LogP contribution in [0, 0.1) is 0 Å². The first-order valence-electron chi connectivity index (χ1n) is 12.7. The van der Waals surface area contributed by atoms with Gasteiger partial charge in [-0.05, 0) is 58.3 Å². The second kappa shape index (κ2) is 19.6. The number of carboxylic acids is 1. The number of carbonyl (C=O) groups excluding carboxylic acids is 1. The van der Waals surface area contributed by atoms with Gasteiger partial charge in [0.1, 0.15) is 0 Å². The molecule has 6 heteroatoms. The highest BCUT2D eigenvalue weighted by atomic mass is 79.9. The minimum Gasteiger partial charge on any atom is -0.478 e. The Bertz CT molecular complexity index is 805. The highest BCUT2D eigenvalue weighted by Crippen LogP contribution is 2.20. The molecule has 0 aliphatic carbocycles. The van der Waals surface area contributed by atoms with Crippen LogP contribution >= 0.6 is 27.3 Å². The first-order chi connectivity index (χ1) is 16.5. The zero-order chi connectivity index (χ0) is 25.0. The SMILES string of the molecule is Brc1ccsc1.CCCCCCCCOC(=O)c1c(CCCCCCCC)cccc1C(=O)O. The fourth-order valence-electron chi connectivity index (χ4n) is 3.69. The number of hydrogen-bond acceptors (Lipinski definition) is 4. The summed E-state index contributed by atoms with van der Waals surface area (Å²) < 4.78 is 6.60. The van der Waals surface area contributed by atoms with Gasteiger partial charge in [0.15, 0.2) is 0 Å². The first-order valence-corrected chi connectivity index (χ1v) is 14.4. The quantitative estimate of drug-likeness (QED) is 0.166. The average Bonchev–Trinajstić information content (AvgIpc) is 3.31. The maximum atomic E-state index is 12.6. The van der Waals surface area contributed by atoms with E-state index in [0.717, 1.165) is 37.7 Å². The molecule has 0 bridgehead atoms. The number of hydrogen-bond donors (Lipinski definition) is 1. The molecule has 1 N–H and O–H groups in total. The third kappa shape index (κ3) is 13.3. The van der Waals surface area contributed by atoms with Gasteiger partial charge >= 0.3 is 11.9 Å². The summed E-state index contributed by atoms with van der Waals surface area (Å²) in [5.41, 5.74) is 1.09. The number of aromatic carboxylic acids is 1. The number of benzene rings is 1. The summed E-state index contributed by atoms with van der Waals surface area (Å²) >= 11 is 4.98. The summed E-state index contributed by atoms with van der Waals surface area (Å²) in [6.45, 7) is 4.74. The zero-order valence-corrected chi connectivity index (χ0v) is 23.2. The molecule has 1 aromatic carbocycles. The largest absolute Gasteiger partial charge is 0.478 e. The van der Waals surface area contributed by atoms with Crippen LogP contribution in [0.3, 0.4) is 0 Å². The molecule has 0 unspecified atom stereocenters. The predicted octanol–water partition coefficient (Wildman–Crippen LogP) is 9.32. The molecule has 0 saturated carbocycles. The van der Waals surface area contributed by atoms with Crippen molar-refractivity contribution >= 4 is 39.2 Å². The summed E-state index contributed by atoms with van der Waals surface area (Å²) in [6, 6.07) is 7.10. The van der Waals surface area contributed by atoms with E-state index in [1.54, 1.807) is 17.4 Å². The number of unbranched alkanes of at least 4 members (excludes halogenated alkanes) is 10. The Labute approximate surface area is 218 Å². The standard InChI is InChI=1S/C24H38O4.C4H3BrS/c1-3-5-7-9-11-13-16-20-17-15-18-21(23(25)26)22(20)24(27)28-19-14-12-10-8-6-4-2;5-4-1-2-6-3-4/h15,17-18H,3-14,16,19H2,1-2H3,(H,25,26);1-3H. The summed E-state index contributed by atoms with van der Waals surface area (Å²) in [5, 5.41) is 13.6. The van der Waals surface area contributed by atoms with E-state index < -0.39 is 11.9 Å². The molecule has 1 aromatic heterocycles. The van der Waals surface area contributed by atoms with Crippen LogP contribution in [0.4, 0.5) is 0 Å². The summed E-state index contributed by atoms with van der Waals surface area (Å²) in [7, 11) is 0. The van der Waals surface area contributed by atoms with E-state index in [2.05, 4.69) is 29.8 Å². The minimum atomic E-state index is -1.07. The number of rotatable bonds is 16. The van der Waals surface area contributed by atoms with Crippen molar-refractivity contribution in [1.82, 2.24) is 0 Å². The van der Waals surface area contributed by atoms with E-state index in [9.17, 15) is 14.7 Å². The normalized spacial score (nSPS) is 10.4. The van der Waals surface area contributed by atoms with Crippen LogP contribution in [-0.2, 0) is 11.2 Å². The number of carboxylic acid groups (broad SMARTS) is 1. The smallest absolute Gasteiger partial charge is 0.339 e. The van der Waals surface area contributed by atoms with Gasteiger partial charge < -0.3 is 9.84 Å². The Morgan fingerprint density at radius 1 is 0.882 bits per heavy atom. The van der Waals surface area contributed by atoms with Crippen molar-refractivity contribution in [2.75, 3.05) is 6.61 Å². The van der Waals surface area contributed by atoms with Gasteiger partial charge in [-0.1, -0.05) is 90.2 Å². The number of halogens is 1. The van der Waals surface area contributed by atoms with Crippen LogP contribution in [0.5, 0.6) is 0 Å². The Hall–Kier alpha value is -1.66. The van der Waals surface area contributed by atoms with Crippen LogP contribution in [0.25, 0.3) is 0 Å². The highest BCUT2D eigenvalue weighted by molar-refractivity contribution is 9.10. The van der Waals surface area contributed by atoms with Gasteiger partial charge in [0, 0.05) is 9.85 Å². The van der Waals surface area contributed by atoms with Gasteiger partial charge in [-0.3, -0.25) is 0 Å². The highest BCUT2D eigenvalue weighted by Gasteiger charge is 2.21. The Morgan fingerprint density at radius 2 is 1.50 bits per heavy atom. The molecule has 0 aliphatic rings. The van der Waals surface area contributed by atoms with Gasteiger partial charge in [0.05, 0.1) is 17.7 Å². The van der Waals surface area contributed by atoms with Crippen molar-refractivity contribution in [1.29, 1.82) is 0 Å². The fraction of sp³-hybridized carbons (Fsp3) is 0.571. The monoisotopic (exact) mass is 552 g/mol. The number of thiophene rings is 1. The number of ether oxygens (including phenoxy) is 1. The van der Waals surface area contributed by atoms with Crippen molar-refractivity contribution in [2.24, 2.45) is 0 Å². The number of esters is 1. The molecule has 0 radical (unpaired) electrons. The van der Waals surface area contributed by atoms with Crippen molar-refractivity contribution in [3.8, 4) is 0 Å². The third-order valence-corrected chi connectivity index (χ3v) is 7.08. The van der Waals surface area contributed by atoms with E-state index >= 15 is 0 Å². The average molecular weight is 554 g/mol. The number of carbonyl (C=O) groups is 2. The third-order valence-electron chi connectivity index (χ3n) is 5.60. The van der Waals surface area contributed by atoms with Crippen molar-refractivity contribution in [3.63, 3.8) is 0 Å². The Morgan fingerprint density at radius 3 is 2.03 bits per heavy atom. The van der Waals surface area contributed by atoms with Crippen molar-refractivity contribution in [3.05, 3.63) is 56.2 Å². The van der Waals surface area contributed by atoms with Crippen LogP contribution < -0.4 is 0 Å². The predicted molar refractivity (Wildman–Crippen MR) is 146 cm³/mol. The molecule has 0 saturated heterocycles. The second-order valence-electron chi connectivity index (χ2n) is 8.51. The molecule has 2 aromatic rings. The van der Waals surface area contributed by atoms with Crippen LogP contribution in [-0.4, -0.2) is 23.7 Å². The fourth-order valence-corrected chi connectivity index (χ4v) is 4.83. The van der Waals surface area contributed by atoms with E-state index in [4.69, 9.17) is 4.74 Å². The molecule has 0 fully saturated rings. The summed E-state index contributed by atoms with van der Waals surface area (Å²) in [5.74, 6) is -1.57. The topological polar surface area (TPSA) is 63.6 Å². The molecule has 190 valence electrons. The van der Waals surface area contributed by atoms with E-state index in [1.807, 2.05) is 22.9 Å². The van der Waals surface area contributed by atoms with Crippen LogP contribution in [0.15, 0.2) is 39.5 Å². The molecule has 1 heterocycles. The molecule has 0 amide bonds. The van der Waals surface area contributed by atoms with E-state index in [1.165, 1.54) is 55.5 Å². The second-order valence-corrected chi connectivity index (χ2v) is 10.2. The lowest BCUT2D eigenvalue weighted by Crippen LogP contribution is -2.15. The molecular formula is C28H41BrO4S. The maximum Gasteiger partial charge on any atom is 0.339 e. The molecule has 0 atom stereocenters. The van der Waals surface area contributed by atoms with Crippen molar-refractivity contribution in [2.45, 2.75) is 97.3 Å². The first kappa shape index (κ1) is 30.4. The molecule has 2 rings (SSSR count). The van der Waals surface area contributed by atoms with E-state index in [0.29, 0.717) is 13.0 Å². The minimum absolute atomic E-state index is 0.0522. The molecular weight excluding hydrogens is 512 g/mol. The lowest BCUT2D eigenvalue weighted by atomic mass is 9.96. The molecule has 34 heavy (non-hydrogen) atoms. The van der Waals surface area contributed by atoms with Gasteiger partial charge in [0.25, 0.3) is 0 Å². The van der Waals surface area contributed by atoms with Crippen LogP contribution in [0.1, 0.15) is 117 Å². The van der Waals surface area contributed by atoms with Gasteiger partial charge in [-0.15, -0.1) is 0 Å². The van der Waals surface area contributed by atoms with Gasteiger partial charge in [-0.25, -0.2) is 9.59 Å². The molecule has 0 spiro atoms. The number of aryl methyl sites for hydroxylation is 1. The van der Waals surface area contributed by atoms with E-state index in [-0.39, 0.29) is 11.1 Å². The lowest BCUT2D eigenvalue weighted by molar-refractivity contribution is 0.0486. The van der Waals surface area contributed by atoms with Crippen LogP contribution in [0.2, 0.25) is 0 Å². The van der Waals surface area contributed by atoms with Gasteiger partial charge in [0.2, 0.25) is 0 Å². The summed E-state index contributed by atoms with van der Waals surface area (Å²) in [4.78, 5) is 24.2.